The molecule has 0 saturated carbocycles. The van der Waals surface area contributed by atoms with Gasteiger partial charge in [-0.05, 0) is 0 Å². The van der Waals surface area contributed by atoms with Crippen LogP contribution in [0.15, 0.2) is 12.7 Å². The van der Waals surface area contributed by atoms with Gasteiger partial charge in [0.25, 0.3) is 0 Å². The zero-order valence-electron chi connectivity index (χ0n) is 2.98. The van der Waals surface area contributed by atoms with E-state index in [1.807, 2.05) is 0 Å². The number of hydrogen-bond donors (Lipinski definition) is 0. The molecule has 0 atom stereocenters. The topological polar surface area (TPSA) is 9.23 Å². The van der Waals surface area contributed by atoms with Crippen LogP contribution in [0, 0.1) is 0 Å². The quantitative estimate of drug-likeness (QED) is 0.426. The summed E-state index contributed by atoms with van der Waals surface area (Å²) in [5.74, 6) is 0. The van der Waals surface area contributed by atoms with Gasteiger partial charge in [-0.2, -0.15) is 0 Å². The minimum absolute atomic E-state index is 0.711. The van der Waals surface area contributed by atoms with E-state index >= 15 is 0 Å². The van der Waals surface area contributed by atoms with Crippen LogP contribution in [0.1, 0.15) is 0 Å². The van der Waals surface area contributed by atoms with E-state index in [1.165, 1.54) is 0 Å². The molecule has 2 radical (unpaired) electrons. The number of rotatable bonds is 2. The van der Waals surface area contributed by atoms with Crippen LogP contribution in [0.2, 0.25) is 0 Å². The van der Waals surface area contributed by atoms with E-state index in [0.29, 0.717) is 6.61 Å². The predicted octanol–water partition coefficient (Wildman–Crippen LogP) is 0.00480. The third kappa shape index (κ3) is 4.50. The van der Waals surface area contributed by atoms with E-state index in [1.54, 1.807) is 6.08 Å². The average molecular weight is 177 g/mol. The molecule has 0 amide bonds. The maximum absolute atomic E-state index is 4.70. The maximum atomic E-state index is 4.70. The summed E-state index contributed by atoms with van der Waals surface area (Å²) in [6.07, 6.45) is 1.74. The van der Waals surface area contributed by atoms with Crippen LogP contribution in [0.4, 0.5) is 0 Å². The van der Waals surface area contributed by atoms with E-state index in [2.05, 4.69) is 6.58 Å². The zero-order valence-corrected chi connectivity index (χ0v) is 6.27. The number of hydrogen-bond acceptors (Lipinski definition) is 1. The van der Waals surface area contributed by atoms with E-state index in [-0.39, 0.29) is 0 Å². The van der Waals surface area contributed by atoms with Crippen LogP contribution >= 0.6 is 0 Å². The van der Waals surface area contributed by atoms with Gasteiger partial charge >= 0.3 is 45.3 Å². The van der Waals surface area contributed by atoms with Gasteiger partial charge in [-0.25, -0.2) is 0 Å². The van der Waals surface area contributed by atoms with Crippen molar-refractivity contribution in [2.75, 3.05) is 6.61 Å². The fraction of sp³-hybridized carbons (Fsp3) is 0.333. The van der Waals surface area contributed by atoms with Crippen LogP contribution in [0.25, 0.3) is 0 Å². The summed E-state index contributed by atoms with van der Waals surface area (Å²) in [6.45, 7) is 4.16. The Labute approximate surface area is 45.7 Å². The fourth-order valence-electron chi connectivity index (χ4n) is 0.0680. The Kier molecular flexibility index (Phi) is 4.95. The van der Waals surface area contributed by atoms with Crippen LogP contribution in [-0.2, 0) is 3.07 Å². The molecule has 0 fully saturated rings. The first-order valence-corrected chi connectivity index (χ1v) is 2.69. The van der Waals surface area contributed by atoms with Crippen LogP contribution < -0.4 is 0 Å². The van der Waals surface area contributed by atoms with Gasteiger partial charge in [0.1, 0.15) is 0 Å². The van der Waals surface area contributed by atoms with Crippen molar-refractivity contribution in [3.8, 4) is 0 Å². The molecule has 0 aromatic rings. The first-order valence-electron chi connectivity index (χ1n) is 1.34. The van der Waals surface area contributed by atoms with Crippen molar-refractivity contribution in [1.82, 2.24) is 0 Å². The van der Waals surface area contributed by atoms with Crippen molar-refractivity contribution in [3.05, 3.63) is 12.7 Å². The Morgan fingerprint density at radius 1 is 2.00 bits per heavy atom. The molecule has 0 heterocycles. The van der Waals surface area contributed by atoms with E-state index in [0.717, 1.165) is 22.9 Å². The van der Waals surface area contributed by atoms with Crippen molar-refractivity contribution < 1.29 is 3.07 Å². The summed E-state index contributed by atoms with van der Waals surface area (Å²) in [4.78, 5) is 0. The molecule has 28 valence electrons. The van der Waals surface area contributed by atoms with Crippen molar-refractivity contribution in [2.45, 2.75) is 0 Å². The summed E-state index contributed by atoms with van der Waals surface area (Å²) in [6, 6.07) is 0. The molecule has 0 aliphatic carbocycles. The SMILES string of the molecule is C=CC[O][SnH]. The fourth-order valence-corrected chi connectivity index (χ4v) is 0.456. The summed E-state index contributed by atoms with van der Waals surface area (Å²) in [5.41, 5.74) is 0. The summed E-state index contributed by atoms with van der Waals surface area (Å²) in [7, 11) is 0. The van der Waals surface area contributed by atoms with Gasteiger partial charge in [0.05, 0.1) is 0 Å². The molecule has 0 aliphatic heterocycles. The molecule has 0 aromatic heterocycles. The van der Waals surface area contributed by atoms with Crippen LogP contribution in [-0.4, -0.2) is 29.5 Å². The van der Waals surface area contributed by atoms with Gasteiger partial charge in [-0.3, -0.25) is 0 Å². The molecule has 2 heteroatoms. The van der Waals surface area contributed by atoms with Gasteiger partial charge in [0.2, 0.25) is 0 Å². The van der Waals surface area contributed by atoms with Gasteiger partial charge in [-0.1, -0.05) is 0 Å². The third-order valence-corrected chi connectivity index (χ3v) is 0.763. The molecule has 1 nitrogen and oxygen atoms in total. The predicted molar refractivity (Wildman–Crippen MR) is 23.3 cm³/mol. The molecule has 0 unspecified atom stereocenters. The van der Waals surface area contributed by atoms with E-state index in [9.17, 15) is 0 Å². The van der Waals surface area contributed by atoms with Crippen molar-refractivity contribution in [1.29, 1.82) is 0 Å². The second kappa shape index (κ2) is 4.50. The minimum atomic E-state index is 0.711. The zero-order chi connectivity index (χ0) is 4.12. The Bertz CT molecular complexity index is 28.1. The molecular formula is C3H6OSn. The molecular weight excluding hydrogens is 171 g/mol. The molecule has 0 aromatic carbocycles. The van der Waals surface area contributed by atoms with Gasteiger partial charge in [-0.15, -0.1) is 0 Å². The molecule has 0 saturated heterocycles. The average Bonchev–Trinajstić information content (AvgIpc) is 1.41. The van der Waals surface area contributed by atoms with Crippen LogP contribution in [0.5, 0.6) is 0 Å². The Hall–Kier alpha value is 0.499. The molecule has 0 N–H and O–H groups in total. The van der Waals surface area contributed by atoms with E-state index < -0.39 is 0 Å². The first kappa shape index (κ1) is 5.50. The molecule has 5 heavy (non-hydrogen) atoms. The molecule has 0 bridgehead atoms. The molecule has 0 aliphatic rings. The van der Waals surface area contributed by atoms with Crippen LogP contribution in [0.3, 0.4) is 0 Å². The summed E-state index contributed by atoms with van der Waals surface area (Å²) < 4.78 is 4.70. The second-order valence-corrected chi connectivity index (χ2v) is 1.57. The third-order valence-electron chi connectivity index (χ3n) is 0.214. The van der Waals surface area contributed by atoms with Crippen molar-refractivity contribution >= 4 is 22.9 Å². The molecule has 0 spiro atoms. The van der Waals surface area contributed by atoms with Crippen molar-refractivity contribution in [2.24, 2.45) is 0 Å². The van der Waals surface area contributed by atoms with Gasteiger partial charge in [0, 0.05) is 0 Å². The Balaban J connectivity index is 2.40. The second-order valence-electron chi connectivity index (χ2n) is 0.622. The van der Waals surface area contributed by atoms with Gasteiger partial charge < -0.3 is 0 Å². The van der Waals surface area contributed by atoms with Crippen molar-refractivity contribution in [3.63, 3.8) is 0 Å². The summed E-state index contributed by atoms with van der Waals surface area (Å²) >= 11 is 0.879. The van der Waals surface area contributed by atoms with Gasteiger partial charge in [0.15, 0.2) is 0 Å². The Morgan fingerprint density at radius 3 is 2.60 bits per heavy atom. The Morgan fingerprint density at radius 2 is 2.60 bits per heavy atom. The standard InChI is InChI=1S/C3H5O.Sn.H/c1-2-3-4;;/h2H,1,3H2;;/q-1;+1;. The summed E-state index contributed by atoms with van der Waals surface area (Å²) in [5, 5.41) is 0. The first-order chi connectivity index (χ1) is 2.41. The molecule has 0 rings (SSSR count). The normalized spacial score (nSPS) is 7.40. The monoisotopic (exact) mass is 178 g/mol. The van der Waals surface area contributed by atoms with E-state index in [4.69, 9.17) is 3.07 Å².